The standard InChI is InChI=1S/2C26H19F3N2O4.CH4/c2*27-18-11-20(29)19(28)8-12(18)7-13(32)9-17-24-16-10-14(1-3-21(16)35-25(17)24)34-22-5-6-30-26-15(22)2-4-23(33)31-26;/h2*1,3,5-6,8,10-11,17,24-25H,2,4,7,9H2,(H,30,31,33);1H4/t2*17-,24-,25?;/m00./s1. The maximum absolute atomic E-state index is 13.9. The van der Waals surface area contributed by atoms with Crippen LogP contribution in [0.4, 0.5) is 38.0 Å². The number of pyridine rings is 2. The van der Waals surface area contributed by atoms with Gasteiger partial charge in [0.2, 0.25) is 11.8 Å². The monoisotopic (exact) mass is 976 g/mol. The second-order valence-corrected chi connectivity index (χ2v) is 18.1. The number of hydrogen-bond acceptors (Lipinski definition) is 10. The first-order valence-corrected chi connectivity index (χ1v) is 22.6. The Labute approximate surface area is 401 Å². The van der Waals surface area contributed by atoms with Gasteiger partial charge in [-0.2, -0.15) is 0 Å². The number of nitrogens with one attached hydrogen (secondary N) is 2. The zero-order valence-corrected chi connectivity index (χ0v) is 36.6. The number of nitrogens with zero attached hydrogens (tertiary/aromatic N) is 2. The summed E-state index contributed by atoms with van der Waals surface area (Å²) in [7, 11) is 0. The number of aromatic nitrogens is 2. The highest BCUT2D eigenvalue weighted by atomic mass is 19.2. The fourth-order valence-electron chi connectivity index (χ4n) is 9.97. The quantitative estimate of drug-likeness (QED) is 0.0894. The van der Waals surface area contributed by atoms with Gasteiger partial charge in [0.1, 0.15) is 81.5 Å². The van der Waals surface area contributed by atoms with Crippen LogP contribution >= 0.6 is 0 Å². The topological polar surface area (TPSA) is 155 Å². The van der Waals surface area contributed by atoms with Crippen molar-refractivity contribution in [3.8, 4) is 34.5 Å². The van der Waals surface area contributed by atoms with E-state index in [0.717, 1.165) is 45.9 Å². The van der Waals surface area contributed by atoms with Crippen LogP contribution in [0.25, 0.3) is 0 Å². The Morgan fingerprint density at radius 2 is 0.958 bits per heavy atom. The van der Waals surface area contributed by atoms with Crippen molar-refractivity contribution in [2.75, 3.05) is 10.6 Å². The lowest BCUT2D eigenvalue weighted by molar-refractivity contribution is -0.119. The van der Waals surface area contributed by atoms with E-state index in [1.165, 1.54) is 0 Å². The molecule has 71 heavy (non-hydrogen) atoms. The van der Waals surface area contributed by atoms with Gasteiger partial charge in [0.15, 0.2) is 23.3 Å². The van der Waals surface area contributed by atoms with Gasteiger partial charge in [-0.05, 0) is 84.6 Å². The molecule has 2 N–H and O–H groups in total. The molecule has 6 atom stereocenters. The van der Waals surface area contributed by atoms with Crippen LogP contribution in [0.1, 0.15) is 78.3 Å². The lowest BCUT2D eigenvalue weighted by atomic mass is 10.0. The minimum Gasteiger partial charge on any atom is -0.489 e. The molecule has 0 bridgehead atoms. The summed E-state index contributed by atoms with van der Waals surface area (Å²) in [6, 6.07) is 16.9. The van der Waals surface area contributed by atoms with Gasteiger partial charge in [0.25, 0.3) is 0 Å². The Balaban J connectivity index is 0.000000162. The molecular weight excluding hydrogens is 935 g/mol. The van der Waals surface area contributed by atoms with Crippen LogP contribution < -0.4 is 29.6 Å². The molecule has 2 unspecified atom stereocenters. The molecule has 6 heterocycles. The van der Waals surface area contributed by atoms with E-state index >= 15 is 0 Å². The predicted molar refractivity (Wildman–Crippen MR) is 243 cm³/mol. The van der Waals surface area contributed by atoms with Gasteiger partial charge in [-0.25, -0.2) is 36.3 Å². The van der Waals surface area contributed by atoms with Crippen molar-refractivity contribution in [2.45, 2.75) is 82.8 Å². The third-order valence-electron chi connectivity index (χ3n) is 13.5. The average molecular weight is 977 g/mol. The first-order chi connectivity index (χ1) is 33.7. The van der Waals surface area contributed by atoms with Crippen molar-refractivity contribution in [1.82, 2.24) is 9.97 Å². The number of ketones is 2. The Hall–Kier alpha value is -7.76. The number of fused-ring (bicyclic) bond motifs is 8. The molecule has 2 aromatic heterocycles. The molecule has 364 valence electrons. The number of halogens is 6. The third-order valence-corrected chi connectivity index (χ3v) is 13.5. The molecule has 0 radical (unpaired) electrons. The smallest absolute Gasteiger partial charge is 0.225 e. The lowest BCUT2D eigenvalue weighted by Crippen LogP contribution is -2.20. The number of amides is 2. The molecule has 4 aliphatic heterocycles. The van der Waals surface area contributed by atoms with E-state index in [-0.39, 0.29) is 103 Å². The highest BCUT2D eigenvalue weighted by molar-refractivity contribution is 5.94. The number of carbonyl (C=O) groups is 4. The lowest BCUT2D eigenvalue weighted by Gasteiger charge is -2.19. The van der Waals surface area contributed by atoms with Crippen molar-refractivity contribution in [2.24, 2.45) is 11.8 Å². The Bertz CT molecular complexity index is 3000. The number of anilines is 2. The first-order valence-electron chi connectivity index (χ1n) is 22.6. The summed E-state index contributed by atoms with van der Waals surface area (Å²) in [4.78, 5) is 56.7. The van der Waals surface area contributed by atoms with E-state index in [9.17, 15) is 45.5 Å². The van der Waals surface area contributed by atoms with Crippen LogP contribution in [-0.2, 0) is 44.9 Å². The van der Waals surface area contributed by atoms with Crippen molar-refractivity contribution in [3.05, 3.63) is 153 Å². The Morgan fingerprint density at radius 1 is 0.549 bits per heavy atom. The molecule has 0 spiro atoms. The van der Waals surface area contributed by atoms with Gasteiger partial charge in [-0.1, -0.05) is 7.43 Å². The van der Waals surface area contributed by atoms with E-state index in [1.807, 2.05) is 24.3 Å². The highest BCUT2D eigenvalue weighted by Crippen LogP contribution is 2.61. The summed E-state index contributed by atoms with van der Waals surface area (Å²) in [6.45, 7) is 0. The number of carbonyl (C=O) groups excluding carboxylic acids is 4. The molecular formula is C53H42F6N4O8. The molecule has 6 aliphatic rings. The zero-order chi connectivity index (χ0) is 48.5. The second kappa shape index (κ2) is 18.5. The molecule has 2 amide bonds. The van der Waals surface area contributed by atoms with E-state index in [4.69, 9.17) is 18.9 Å². The summed E-state index contributed by atoms with van der Waals surface area (Å²) in [5, 5.41) is 5.49. The molecule has 18 heteroatoms. The van der Waals surface area contributed by atoms with E-state index < -0.39 is 34.9 Å². The van der Waals surface area contributed by atoms with Crippen molar-refractivity contribution in [1.29, 1.82) is 0 Å². The SMILES string of the molecule is C.O=C(Cc1cc(F)c(F)cc1F)C[C@@H]1C2Oc3ccc(Oc4ccnc5c4CCC(=O)N5)cc3[C@H]21.O=C(Cc1cc(F)c(F)cc1F)C[C@@H]1C2Oc3ccc(Oc4ccnc5c4CCC(=O)N5)cc3[C@H]21. The minimum atomic E-state index is -1.28. The van der Waals surface area contributed by atoms with Crippen LogP contribution in [-0.4, -0.2) is 45.6 Å². The number of rotatable bonds is 12. The van der Waals surface area contributed by atoms with Crippen molar-refractivity contribution < 1.29 is 64.5 Å². The van der Waals surface area contributed by atoms with Crippen molar-refractivity contribution >= 4 is 35.0 Å². The van der Waals surface area contributed by atoms with Crippen molar-refractivity contribution in [3.63, 3.8) is 0 Å². The van der Waals surface area contributed by atoms with Crippen LogP contribution in [0, 0.1) is 46.7 Å². The van der Waals surface area contributed by atoms with Gasteiger partial charge < -0.3 is 29.6 Å². The third kappa shape index (κ3) is 9.25. The molecule has 12 rings (SSSR count). The van der Waals surface area contributed by atoms with Crippen LogP contribution in [0.2, 0.25) is 0 Å². The Morgan fingerprint density at radius 3 is 1.38 bits per heavy atom. The maximum atomic E-state index is 13.9. The van der Waals surface area contributed by atoms with Crippen LogP contribution in [0.15, 0.2) is 85.2 Å². The summed E-state index contributed by atoms with van der Waals surface area (Å²) in [5.41, 5.74) is 3.21. The first kappa shape index (κ1) is 46.9. The molecule has 12 nitrogen and oxygen atoms in total. The molecule has 2 fully saturated rings. The fourth-order valence-corrected chi connectivity index (χ4v) is 9.97. The molecule has 0 saturated heterocycles. The molecule has 2 saturated carbocycles. The summed E-state index contributed by atoms with van der Waals surface area (Å²) in [5.74, 6) is -2.72. The van der Waals surface area contributed by atoms with Gasteiger partial charge in [0.05, 0.1) is 0 Å². The fraction of sp³-hybridized carbons (Fsp3) is 0.283. The largest absolute Gasteiger partial charge is 0.489 e. The normalized spacial score (nSPS) is 21.0. The number of Topliss-reactive ketones (excluding diaryl/α,β-unsaturated/α-hetero) is 2. The van der Waals surface area contributed by atoms with Gasteiger partial charge in [0, 0.05) is 109 Å². The van der Waals surface area contributed by atoms with Gasteiger partial charge in [-0.3, -0.25) is 19.2 Å². The van der Waals surface area contributed by atoms with E-state index in [2.05, 4.69) is 20.6 Å². The molecule has 6 aromatic rings. The highest BCUT2D eigenvalue weighted by Gasteiger charge is 2.60. The summed E-state index contributed by atoms with van der Waals surface area (Å²) in [6.07, 6.45) is 4.32. The van der Waals surface area contributed by atoms with E-state index in [0.29, 0.717) is 72.4 Å². The summed E-state index contributed by atoms with van der Waals surface area (Å²) < 4.78 is 105. The summed E-state index contributed by atoms with van der Waals surface area (Å²) >= 11 is 0. The average Bonchev–Trinajstić information content (AvgIpc) is 4.06. The second-order valence-electron chi connectivity index (χ2n) is 18.1. The number of benzene rings is 4. The maximum Gasteiger partial charge on any atom is 0.225 e. The Kier molecular flexibility index (Phi) is 12.3. The minimum absolute atomic E-state index is 0. The van der Waals surface area contributed by atoms with Gasteiger partial charge in [-0.15, -0.1) is 0 Å². The van der Waals surface area contributed by atoms with Gasteiger partial charge >= 0.3 is 0 Å². The predicted octanol–water partition coefficient (Wildman–Crippen LogP) is 10.3. The number of ether oxygens (including phenoxy) is 4. The molecule has 2 aliphatic carbocycles. The molecule has 4 aromatic carbocycles. The number of hydrogen-bond donors (Lipinski definition) is 2. The zero-order valence-electron chi connectivity index (χ0n) is 36.6. The van der Waals surface area contributed by atoms with Crippen LogP contribution in [0.5, 0.6) is 34.5 Å². The van der Waals surface area contributed by atoms with Crippen LogP contribution in [0.3, 0.4) is 0 Å². The van der Waals surface area contributed by atoms with E-state index in [1.54, 1.807) is 36.7 Å².